The summed E-state index contributed by atoms with van der Waals surface area (Å²) in [4.78, 5) is 31.8. The lowest BCUT2D eigenvalue weighted by Crippen LogP contribution is -2.40. The molecule has 6 nitrogen and oxygen atoms in total. The van der Waals surface area contributed by atoms with Crippen molar-refractivity contribution < 1.29 is 0 Å². The summed E-state index contributed by atoms with van der Waals surface area (Å²) in [6, 6.07) is 26.5. The van der Waals surface area contributed by atoms with Gasteiger partial charge in [0.2, 0.25) is 0 Å². The predicted octanol–water partition coefficient (Wildman–Crippen LogP) is 4.85. The quantitative estimate of drug-likeness (QED) is 0.356. The molecule has 2 aromatic heterocycles. The van der Waals surface area contributed by atoms with E-state index in [4.69, 9.17) is 11.6 Å². The van der Waals surface area contributed by atoms with Gasteiger partial charge in [-0.2, -0.15) is 0 Å². The highest BCUT2D eigenvalue weighted by Gasteiger charge is 2.21. The van der Waals surface area contributed by atoms with E-state index >= 15 is 0 Å². The van der Waals surface area contributed by atoms with Gasteiger partial charge in [0.1, 0.15) is 0 Å². The molecule has 0 aliphatic heterocycles. The van der Waals surface area contributed by atoms with Crippen LogP contribution in [0.1, 0.15) is 24.1 Å². The van der Waals surface area contributed by atoms with Gasteiger partial charge in [0.05, 0.1) is 18.1 Å². The number of halogens is 1. The Hall–Kier alpha value is -3.90. The van der Waals surface area contributed by atoms with Crippen molar-refractivity contribution in [1.29, 1.82) is 0 Å². The average molecular weight is 471 g/mol. The van der Waals surface area contributed by atoms with Crippen LogP contribution in [0.4, 0.5) is 0 Å². The van der Waals surface area contributed by atoms with Gasteiger partial charge in [-0.05, 0) is 48.7 Å². The summed E-state index contributed by atoms with van der Waals surface area (Å²) < 4.78 is 4.64. The third-order valence-corrected chi connectivity index (χ3v) is 6.36. The van der Waals surface area contributed by atoms with Gasteiger partial charge >= 0.3 is 5.69 Å². The first-order chi connectivity index (χ1) is 16.5. The smallest absolute Gasteiger partial charge is 0.317 e. The number of fused-ring (bicyclic) bond motifs is 1. The molecule has 2 heterocycles. The van der Waals surface area contributed by atoms with E-state index in [1.54, 1.807) is 30.6 Å². The first kappa shape index (κ1) is 21.9. The fraction of sp³-hybridized carbons (Fsp3) is 0.148. The lowest BCUT2D eigenvalue weighted by molar-refractivity contribution is 0.606. The van der Waals surface area contributed by atoms with E-state index in [-0.39, 0.29) is 18.1 Å². The first-order valence-corrected chi connectivity index (χ1v) is 11.5. The average Bonchev–Trinajstić information content (AvgIpc) is 3.31. The van der Waals surface area contributed by atoms with E-state index < -0.39 is 5.69 Å². The number of nitrogens with zero attached hydrogens (tertiary/aromatic N) is 4. The number of rotatable bonds is 6. The summed E-state index contributed by atoms with van der Waals surface area (Å²) in [5, 5.41) is 0.564. The number of aryl methyl sites for hydroxylation is 1. The van der Waals surface area contributed by atoms with Crippen LogP contribution in [0.15, 0.2) is 101 Å². The molecule has 170 valence electrons. The molecule has 0 aliphatic carbocycles. The third-order valence-electron chi connectivity index (χ3n) is 6.11. The van der Waals surface area contributed by atoms with Gasteiger partial charge in [-0.3, -0.25) is 9.36 Å². The van der Waals surface area contributed by atoms with Crippen LogP contribution >= 0.6 is 11.6 Å². The maximum Gasteiger partial charge on any atom is 0.337 e. The normalized spacial score (nSPS) is 12.2. The molecule has 0 saturated carbocycles. The number of benzene rings is 3. The molecule has 0 radical (unpaired) electrons. The van der Waals surface area contributed by atoms with Gasteiger partial charge in [-0.25, -0.2) is 14.3 Å². The zero-order valence-corrected chi connectivity index (χ0v) is 19.4. The molecule has 5 rings (SSSR count). The topological polar surface area (TPSA) is 61.8 Å². The molecule has 0 N–H and O–H groups in total. The Labute approximate surface area is 201 Å². The van der Waals surface area contributed by atoms with Gasteiger partial charge in [-0.1, -0.05) is 72.3 Å². The molecule has 7 heteroatoms. The summed E-state index contributed by atoms with van der Waals surface area (Å²) in [6.45, 7) is 2.28. The molecule has 0 unspecified atom stereocenters. The Morgan fingerprint density at radius 1 is 0.882 bits per heavy atom. The summed E-state index contributed by atoms with van der Waals surface area (Å²) in [5.74, 6) is 0. The highest BCUT2D eigenvalue weighted by atomic mass is 35.5. The number of aromatic nitrogens is 4. The van der Waals surface area contributed by atoms with Crippen LogP contribution < -0.4 is 11.2 Å². The minimum Gasteiger partial charge on any atom is -0.317 e. The van der Waals surface area contributed by atoms with Crippen molar-refractivity contribution in [3.8, 4) is 5.69 Å². The van der Waals surface area contributed by atoms with Crippen LogP contribution in [0.25, 0.3) is 16.9 Å². The maximum atomic E-state index is 13.7. The SMILES string of the molecule is C[C@@H](c1ccccc1)n1cnc2c1c(=O)n(CCc1ccccc1)c(=O)n2-c1ccc(Cl)cc1. The van der Waals surface area contributed by atoms with Crippen molar-refractivity contribution in [3.05, 3.63) is 128 Å². The van der Waals surface area contributed by atoms with Crippen molar-refractivity contribution in [1.82, 2.24) is 18.7 Å². The summed E-state index contributed by atoms with van der Waals surface area (Å²) in [5.41, 5.74) is 2.65. The van der Waals surface area contributed by atoms with E-state index in [2.05, 4.69) is 4.98 Å². The lowest BCUT2D eigenvalue weighted by Gasteiger charge is -2.16. The first-order valence-electron chi connectivity index (χ1n) is 11.1. The van der Waals surface area contributed by atoms with Gasteiger partial charge in [0.15, 0.2) is 11.2 Å². The Morgan fingerprint density at radius 2 is 1.53 bits per heavy atom. The molecule has 0 amide bonds. The van der Waals surface area contributed by atoms with Crippen molar-refractivity contribution in [2.24, 2.45) is 0 Å². The van der Waals surface area contributed by atoms with Crippen molar-refractivity contribution in [2.75, 3.05) is 0 Å². The molecule has 0 bridgehead atoms. The standard InChI is InChI=1S/C27H23ClN4O2/c1-19(21-10-6-3-7-11-21)31-18-29-25-24(31)26(33)30(17-16-20-8-4-2-5-9-20)27(34)32(25)23-14-12-22(28)13-15-23/h2-15,18-19H,16-17H2,1H3/t19-/m0/s1. The second kappa shape index (κ2) is 9.15. The highest BCUT2D eigenvalue weighted by Crippen LogP contribution is 2.22. The van der Waals surface area contributed by atoms with Crippen molar-refractivity contribution >= 4 is 22.8 Å². The monoisotopic (exact) mass is 470 g/mol. The van der Waals surface area contributed by atoms with Gasteiger partial charge in [0, 0.05) is 11.6 Å². The van der Waals surface area contributed by atoms with E-state index in [1.165, 1.54) is 9.13 Å². The predicted molar refractivity (Wildman–Crippen MR) is 135 cm³/mol. The van der Waals surface area contributed by atoms with Gasteiger partial charge < -0.3 is 4.57 Å². The van der Waals surface area contributed by atoms with Crippen LogP contribution in [0.2, 0.25) is 5.02 Å². The minimum absolute atomic E-state index is 0.141. The second-order valence-electron chi connectivity index (χ2n) is 8.20. The molecule has 0 fully saturated rings. The molecule has 1 atom stereocenters. The molecule has 0 aliphatic rings. The fourth-order valence-corrected chi connectivity index (χ4v) is 4.36. The molecule has 5 aromatic rings. The van der Waals surface area contributed by atoms with Crippen molar-refractivity contribution in [2.45, 2.75) is 25.9 Å². The van der Waals surface area contributed by atoms with Crippen LogP contribution in [-0.4, -0.2) is 18.7 Å². The zero-order valence-electron chi connectivity index (χ0n) is 18.6. The summed E-state index contributed by atoms with van der Waals surface area (Å²) >= 11 is 6.08. The molecule has 34 heavy (non-hydrogen) atoms. The Balaban J connectivity index is 1.73. The Bertz CT molecular complexity index is 1550. The van der Waals surface area contributed by atoms with Crippen LogP contribution in [-0.2, 0) is 13.0 Å². The van der Waals surface area contributed by atoms with E-state index in [0.29, 0.717) is 28.3 Å². The van der Waals surface area contributed by atoms with Crippen molar-refractivity contribution in [3.63, 3.8) is 0 Å². The Kier molecular flexibility index (Phi) is 5.90. The van der Waals surface area contributed by atoms with Crippen LogP contribution in [0, 0.1) is 0 Å². The third kappa shape index (κ3) is 3.97. The van der Waals surface area contributed by atoms with Crippen LogP contribution in [0.5, 0.6) is 0 Å². The highest BCUT2D eigenvalue weighted by molar-refractivity contribution is 6.30. The number of hydrogen-bond donors (Lipinski definition) is 0. The van der Waals surface area contributed by atoms with Gasteiger partial charge in [0.25, 0.3) is 5.56 Å². The molecular formula is C27H23ClN4O2. The lowest BCUT2D eigenvalue weighted by atomic mass is 10.1. The Morgan fingerprint density at radius 3 is 2.21 bits per heavy atom. The maximum absolute atomic E-state index is 13.7. The number of imidazole rings is 1. The summed E-state index contributed by atoms with van der Waals surface area (Å²) in [6.07, 6.45) is 2.20. The molecule has 3 aromatic carbocycles. The zero-order chi connectivity index (χ0) is 23.7. The van der Waals surface area contributed by atoms with E-state index in [1.807, 2.05) is 72.2 Å². The fourth-order valence-electron chi connectivity index (χ4n) is 4.24. The molecular weight excluding hydrogens is 448 g/mol. The molecule has 0 saturated heterocycles. The van der Waals surface area contributed by atoms with E-state index in [0.717, 1.165) is 11.1 Å². The second-order valence-corrected chi connectivity index (χ2v) is 8.63. The number of hydrogen-bond acceptors (Lipinski definition) is 3. The van der Waals surface area contributed by atoms with Gasteiger partial charge in [-0.15, -0.1) is 0 Å². The van der Waals surface area contributed by atoms with Crippen LogP contribution in [0.3, 0.4) is 0 Å². The largest absolute Gasteiger partial charge is 0.337 e. The summed E-state index contributed by atoms with van der Waals surface area (Å²) in [7, 11) is 0. The van der Waals surface area contributed by atoms with E-state index in [9.17, 15) is 9.59 Å². The minimum atomic E-state index is -0.423. The molecule has 0 spiro atoms.